The average molecular weight is 236 g/mol. The summed E-state index contributed by atoms with van der Waals surface area (Å²) in [7, 11) is 0. The molecule has 0 aliphatic rings. The largest absolute Gasteiger partial charge is 1.00 e. The second-order valence-corrected chi connectivity index (χ2v) is 3.40. The van der Waals surface area contributed by atoms with Crippen LogP contribution in [0.3, 0.4) is 0 Å². The van der Waals surface area contributed by atoms with Crippen LogP contribution >= 0.6 is 0 Å². The Kier molecular flexibility index (Phi) is 5.41. The van der Waals surface area contributed by atoms with Gasteiger partial charge in [-0.25, -0.2) is 9.59 Å². The Bertz CT molecular complexity index is 426. The summed E-state index contributed by atoms with van der Waals surface area (Å²) in [6.45, 7) is 0. The van der Waals surface area contributed by atoms with Gasteiger partial charge in [-0.2, -0.15) is 0 Å². The minimum atomic E-state index is -2.90. The van der Waals surface area contributed by atoms with Gasteiger partial charge in [0.15, 0.2) is 0 Å². The van der Waals surface area contributed by atoms with Crippen molar-refractivity contribution >= 4 is 23.0 Å². The molecule has 8 heteroatoms. The number of aromatic carboxylic acids is 2. The first-order valence-electron chi connectivity index (χ1n) is 3.64. The van der Waals surface area contributed by atoms with E-state index in [2.05, 4.69) is 0 Å². The number of rotatable bonds is 3. The van der Waals surface area contributed by atoms with E-state index in [0.29, 0.717) is 0 Å². The van der Waals surface area contributed by atoms with Crippen LogP contribution < -0.4 is 18.9 Å². The van der Waals surface area contributed by atoms with Crippen LogP contribution in [0.4, 0.5) is 0 Å². The SMILES string of the molecule is O=C(O)c1cccc(C(=O)O)c1S(=O)[O-].[Li+]. The molecule has 0 saturated carbocycles. The van der Waals surface area contributed by atoms with Gasteiger partial charge in [-0.3, -0.25) is 4.21 Å². The van der Waals surface area contributed by atoms with Gasteiger partial charge < -0.3 is 14.8 Å². The Balaban J connectivity index is 0.00000225. The molecule has 0 heterocycles. The van der Waals surface area contributed by atoms with Gasteiger partial charge >= 0.3 is 30.8 Å². The van der Waals surface area contributed by atoms with Gasteiger partial charge in [0.05, 0.1) is 16.0 Å². The number of carboxylic acid groups (broad SMARTS) is 2. The molecule has 1 aromatic rings. The fourth-order valence-electron chi connectivity index (χ4n) is 1.05. The van der Waals surface area contributed by atoms with Crippen molar-refractivity contribution in [1.82, 2.24) is 0 Å². The molecule has 0 aromatic heterocycles. The Hall–Kier alpha value is -1.13. The molecule has 0 saturated heterocycles. The molecule has 1 atom stereocenters. The van der Waals surface area contributed by atoms with E-state index in [1.807, 2.05) is 0 Å². The van der Waals surface area contributed by atoms with Crippen LogP contribution in [0.5, 0.6) is 0 Å². The molecule has 0 aliphatic heterocycles. The molecule has 1 unspecified atom stereocenters. The van der Waals surface area contributed by atoms with Gasteiger partial charge in [0, 0.05) is 0 Å². The third-order valence-corrected chi connectivity index (χ3v) is 2.42. The number of hydrogen-bond acceptors (Lipinski definition) is 4. The van der Waals surface area contributed by atoms with Crippen molar-refractivity contribution in [2.45, 2.75) is 4.90 Å². The van der Waals surface area contributed by atoms with Gasteiger partial charge in [0.25, 0.3) is 0 Å². The summed E-state index contributed by atoms with van der Waals surface area (Å²) in [6.07, 6.45) is 0. The van der Waals surface area contributed by atoms with Crippen molar-refractivity contribution in [3.05, 3.63) is 29.3 Å². The first kappa shape index (κ1) is 14.9. The molecule has 2 N–H and O–H groups in total. The minimum absolute atomic E-state index is 0. The topological polar surface area (TPSA) is 115 Å². The van der Waals surface area contributed by atoms with E-state index in [1.54, 1.807) is 0 Å². The summed E-state index contributed by atoms with van der Waals surface area (Å²) < 4.78 is 21.4. The number of carboxylic acids is 2. The first-order valence-corrected chi connectivity index (χ1v) is 4.71. The quantitative estimate of drug-likeness (QED) is 0.436. The van der Waals surface area contributed by atoms with Gasteiger partial charge in [-0.15, -0.1) is 0 Å². The maximum atomic E-state index is 10.7. The summed E-state index contributed by atoms with van der Waals surface area (Å²) in [6, 6.07) is 3.23. The summed E-state index contributed by atoms with van der Waals surface area (Å²) in [5, 5.41) is 17.3. The van der Waals surface area contributed by atoms with Crippen molar-refractivity contribution in [1.29, 1.82) is 0 Å². The second-order valence-electron chi connectivity index (χ2n) is 2.53. The van der Waals surface area contributed by atoms with Crippen LogP contribution in [0.15, 0.2) is 23.1 Å². The number of carbonyl (C=O) groups is 2. The normalized spacial score (nSPS) is 11.3. The third-order valence-electron chi connectivity index (χ3n) is 1.64. The zero-order chi connectivity index (χ0) is 11.6. The Morgan fingerprint density at radius 3 is 1.75 bits per heavy atom. The van der Waals surface area contributed by atoms with Crippen molar-refractivity contribution in [2.75, 3.05) is 0 Å². The van der Waals surface area contributed by atoms with Crippen molar-refractivity contribution in [3.63, 3.8) is 0 Å². The monoisotopic (exact) mass is 236 g/mol. The van der Waals surface area contributed by atoms with Crippen LogP contribution in [-0.2, 0) is 11.1 Å². The van der Waals surface area contributed by atoms with Crippen molar-refractivity contribution < 1.29 is 47.4 Å². The Labute approximate surface area is 105 Å². The Morgan fingerprint density at radius 2 is 1.50 bits per heavy atom. The summed E-state index contributed by atoms with van der Waals surface area (Å²) in [5.74, 6) is -2.98. The van der Waals surface area contributed by atoms with E-state index in [0.717, 1.165) is 12.1 Å². The smallest absolute Gasteiger partial charge is 0.768 e. The van der Waals surface area contributed by atoms with E-state index < -0.39 is 39.0 Å². The van der Waals surface area contributed by atoms with Crippen LogP contribution in [0.2, 0.25) is 0 Å². The minimum Gasteiger partial charge on any atom is -0.768 e. The predicted octanol–water partition coefficient (Wildman–Crippen LogP) is -2.67. The van der Waals surface area contributed by atoms with E-state index >= 15 is 0 Å². The molecule has 80 valence electrons. The maximum Gasteiger partial charge on any atom is 1.00 e. The molecule has 0 fully saturated rings. The number of hydrogen-bond donors (Lipinski definition) is 2. The predicted molar refractivity (Wildman–Crippen MR) is 47.5 cm³/mol. The maximum absolute atomic E-state index is 10.7. The summed E-state index contributed by atoms with van der Waals surface area (Å²) >= 11 is -2.90. The molecule has 16 heavy (non-hydrogen) atoms. The van der Waals surface area contributed by atoms with E-state index in [9.17, 15) is 18.4 Å². The molecule has 0 radical (unpaired) electrons. The average Bonchev–Trinajstić information content (AvgIpc) is 2.16. The molecular formula is C8H5LiO6S. The Morgan fingerprint density at radius 1 is 1.12 bits per heavy atom. The molecule has 6 nitrogen and oxygen atoms in total. The molecule has 0 aliphatic carbocycles. The van der Waals surface area contributed by atoms with Crippen LogP contribution in [0, 0.1) is 0 Å². The van der Waals surface area contributed by atoms with E-state index in [4.69, 9.17) is 10.2 Å². The molecule has 0 amide bonds. The second kappa shape index (κ2) is 5.82. The van der Waals surface area contributed by atoms with Crippen molar-refractivity contribution in [2.24, 2.45) is 0 Å². The van der Waals surface area contributed by atoms with Gasteiger partial charge in [0.1, 0.15) is 0 Å². The molecule has 0 bridgehead atoms. The van der Waals surface area contributed by atoms with Crippen LogP contribution in [-0.4, -0.2) is 30.9 Å². The molecule has 0 spiro atoms. The van der Waals surface area contributed by atoms with Crippen LogP contribution in [0.1, 0.15) is 20.7 Å². The summed E-state index contributed by atoms with van der Waals surface area (Å²) in [4.78, 5) is 20.6. The first-order chi connectivity index (χ1) is 6.95. The fourth-order valence-corrected chi connectivity index (χ4v) is 1.72. The molecule has 1 rings (SSSR count). The van der Waals surface area contributed by atoms with Gasteiger partial charge in [-0.05, 0) is 23.2 Å². The zero-order valence-electron chi connectivity index (χ0n) is 8.17. The van der Waals surface area contributed by atoms with Crippen LogP contribution in [0.25, 0.3) is 0 Å². The van der Waals surface area contributed by atoms with Gasteiger partial charge in [0.2, 0.25) is 0 Å². The van der Waals surface area contributed by atoms with E-state index in [-0.39, 0.29) is 18.9 Å². The summed E-state index contributed by atoms with van der Waals surface area (Å²) in [5.41, 5.74) is -1.11. The zero-order valence-corrected chi connectivity index (χ0v) is 8.98. The molecular weight excluding hydrogens is 231 g/mol. The number of benzene rings is 1. The third kappa shape index (κ3) is 2.93. The van der Waals surface area contributed by atoms with E-state index in [1.165, 1.54) is 6.07 Å². The molecule has 1 aromatic carbocycles. The fraction of sp³-hybridized carbons (Fsp3) is 0. The standard InChI is InChI=1S/C8H6O6S.Li/c9-7(10)4-2-1-3-5(8(11)12)6(4)15(13)14;/h1-3H,(H,9,10)(H,11,12)(H,13,14);/q;+1/p-1. The van der Waals surface area contributed by atoms with Gasteiger partial charge in [-0.1, -0.05) is 6.07 Å². The van der Waals surface area contributed by atoms with Crippen molar-refractivity contribution in [3.8, 4) is 0 Å².